The Morgan fingerprint density at radius 1 is 1.08 bits per heavy atom. The number of hydrogen-bond donors (Lipinski definition) is 2. The van der Waals surface area contributed by atoms with Gasteiger partial charge in [0, 0.05) is 16.1 Å². The third kappa shape index (κ3) is 5.74. The molecule has 0 atom stereocenters. The molecule has 1 heterocycles. The minimum atomic E-state index is -4.08. The third-order valence-electron chi connectivity index (χ3n) is 5.27. The summed E-state index contributed by atoms with van der Waals surface area (Å²) in [6, 6.07) is 14.4. The molecule has 0 aromatic heterocycles. The third-order valence-corrected chi connectivity index (χ3v) is 8.01. The number of esters is 1. The molecule has 0 saturated heterocycles. The molecule has 0 unspecified atom stereocenters. The number of ether oxygens (including phenoxy) is 1. The summed E-state index contributed by atoms with van der Waals surface area (Å²) in [4.78, 5) is 24.7. The molecule has 36 heavy (non-hydrogen) atoms. The van der Waals surface area contributed by atoms with E-state index in [0.29, 0.717) is 21.2 Å². The van der Waals surface area contributed by atoms with Gasteiger partial charge in [-0.15, -0.1) is 0 Å². The van der Waals surface area contributed by atoms with Gasteiger partial charge >= 0.3 is 5.97 Å². The molecule has 7 nitrogen and oxygen atoms in total. The van der Waals surface area contributed by atoms with Gasteiger partial charge in [0.25, 0.3) is 5.91 Å². The summed E-state index contributed by atoms with van der Waals surface area (Å²) < 4.78 is 58.1. The molecule has 0 bridgehead atoms. The molecule has 0 spiro atoms. The largest absolute Gasteiger partial charge is 0.468 e. The van der Waals surface area contributed by atoms with Crippen molar-refractivity contribution < 1.29 is 31.5 Å². The summed E-state index contributed by atoms with van der Waals surface area (Å²) in [6.07, 6.45) is 1.68. The average molecular weight is 531 g/mol. The van der Waals surface area contributed by atoms with E-state index in [2.05, 4.69) is 15.4 Å². The van der Waals surface area contributed by atoms with Gasteiger partial charge in [-0.1, -0.05) is 30.0 Å². The molecule has 186 valence electrons. The number of thioether (sulfide) groups is 1. The van der Waals surface area contributed by atoms with E-state index in [0.717, 1.165) is 23.8 Å². The number of amides is 1. The number of nitrogens with one attached hydrogen (secondary N) is 2. The van der Waals surface area contributed by atoms with Crippen molar-refractivity contribution in [3.8, 4) is 0 Å². The molecule has 3 aromatic rings. The Balaban J connectivity index is 1.51. The lowest BCUT2D eigenvalue weighted by molar-refractivity contribution is -0.138. The van der Waals surface area contributed by atoms with Crippen molar-refractivity contribution in [2.75, 3.05) is 24.3 Å². The monoisotopic (exact) mass is 530 g/mol. The van der Waals surface area contributed by atoms with E-state index >= 15 is 0 Å². The van der Waals surface area contributed by atoms with Crippen LogP contribution < -0.4 is 10.6 Å². The smallest absolute Gasteiger partial charge is 0.325 e. The van der Waals surface area contributed by atoms with E-state index < -0.39 is 44.7 Å². The maximum atomic E-state index is 14.0. The second kappa shape index (κ2) is 10.5. The Morgan fingerprint density at radius 3 is 2.44 bits per heavy atom. The summed E-state index contributed by atoms with van der Waals surface area (Å²) in [6.45, 7) is 0.0267. The van der Waals surface area contributed by atoms with Crippen molar-refractivity contribution in [1.29, 1.82) is 0 Å². The van der Waals surface area contributed by atoms with Crippen LogP contribution in [0.2, 0.25) is 0 Å². The molecule has 4 rings (SSSR count). The van der Waals surface area contributed by atoms with Crippen LogP contribution in [0.25, 0.3) is 6.08 Å². The van der Waals surface area contributed by atoms with E-state index in [4.69, 9.17) is 0 Å². The van der Waals surface area contributed by atoms with E-state index in [-0.39, 0.29) is 11.4 Å². The van der Waals surface area contributed by atoms with Gasteiger partial charge in [-0.2, -0.15) is 0 Å². The molecule has 0 radical (unpaired) electrons. The van der Waals surface area contributed by atoms with Gasteiger partial charge in [0.2, 0.25) is 0 Å². The number of rotatable bonds is 7. The Kier molecular flexibility index (Phi) is 7.41. The Hall–Kier alpha value is -3.70. The lowest BCUT2D eigenvalue weighted by Gasteiger charge is -2.19. The zero-order chi connectivity index (χ0) is 25.9. The van der Waals surface area contributed by atoms with Crippen LogP contribution in [0, 0.1) is 11.6 Å². The number of hydrogen-bond acceptors (Lipinski definition) is 7. The Labute approximate surface area is 210 Å². The van der Waals surface area contributed by atoms with Crippen molar-refractivity contribution in [3.05, 3.63) is 88.3 Å². The van der Waals surface area contributed by atoms with Crippen molar-refractivity contribution >= 4 is 50.9 Å². The van der Waals surface area contributed by atoms with Gasteiger partial charge in [0.1, 0.15) is 18.2 Å². The van der Waals surface area contributed by atoms with Crippen molar-refractivity contribution in [2.24, 2.45) is 0 Å². The minimum Gasteiger partial charge on any atom is -0.468 e. The van der Waals surface area contributed by atoms with Crippen molar-refractivity contribution in [3.63, 3.8) is 0 Å². The highest BCUT2D eigenvalue weighted by molar-refractivity contribution is 8.04. The fourth-order valence-corrected chi connectivity index (χ4v) is 5.70. The number of anilines is 2. The molecule has 0 aliphatic carbocycles. The van der Waals surface area contributed by atoms with Crippen LogP contribution in [0.5, 0.6) is 0 Å². The van der Waals surface area contributed by atoms with Crippen LogP contribution in [0.1, 0.15) is 11.1 Å². The van der Waals surface area contributed by atoms with E-state index in [1.54, 1.807) is 30.3 Å². The summed E-state index contributed by atoms with van der Waals surface area (Å²) >= 11 is 1.17. The Bertz CT molecular complexity index is 1450. The number of benzene rings is 3. The van der Waals surface area contributed by atoms with E-state index in [1.807, 2.05) is 0 Å². The van der Waals surface area contributed by atoms with Gasteiger partial charge in [-0.3, -0.25) is 9.59 Å². The maximum Gasteiger partial charge on any atom is 0.325 e. The Morgan fingerprint density at radius 2 is 1.78 bits per heavy atom. The molecule has 3 aromatic carbocycles. The van der Waals surface area contributed by atoms with E-state index in [1.165, 1.54) is 37.1 Å². The molecule has 0 fully saturated rings. The number of carbonyl (C=O) groups is 2. The number of carbonyl (C=O) groups excluding carboxylic acids is 2. The number of sulfone groups is 1. The van der Waals surface area contributed by atoms with Gasteiger partial charge in [0.15, 0.2) is 9.84 Å². The lowest BCUT2D eigenvalue weighted by atomic mass is 10.2. The first-order valence-corrected chi connectivity index (χ1v) is 13.0. The van der Waals surface area contributed by atoms with Crippen LogP contribution in [0.15, 0.2) is 75.4 Å². The fourth-order valence-electron chi connectivity index (χ4n) is 3.37. The molecule has 2 N–H and O–H groups in total. The van der Waals surface area contributed by atoms with Gasteiger partial charge in [-0.05, 0) is 54.1 Å². The van der Waals surface area contributed by atoms with Crippen molar-refractivity contribution in [2.45, 2.75) is 15.5 Å². The second-order valence-corrected chi connectivity index (χ2v) is 10.8. The molecule has 0 saturated carbocycles. The summed E-state index contributed by atoms with van der Waals surface area (Å²) in [5.41, 5.74) is 1.20. The molecule has 1 amide bonds. The summed E-state index contributed by atoms with van der Waals surface area (Å²) in [5.74, 6) is -3.55. The van der Waals surface area contributed by atoms with Crippen LogP contribution in [-0.4, -0.2) is 33.9 Å². The highest BCUT2D eigenvalue weighted by Crippen LogP contribution is 2.40. The fraction of sp³-hybridized carbons (Fsp3) is 0.120. The standard InChI is InChI=1S/C25H20F2N2O5S2/c1-34-24(30)13-28-16-7-5-15(6-8-16)11-23-25(31)29-21-12-17(9-10-22(21)35-23)36(32,33)14-18-19(26)3-2-4-20(18)27/h2-12,28H,13-14H2,1H3,(H,29,31). The molecule has 1 aliphatic heterocycles. The first kappa shape index (κ1) is 25.4. The van der Waals surface area contributed by atoms with Gasteiger partial charge in [0.05, 0.1) is 28.4 Å². The predicted octanol–water partition coefficient (Wildman–Crippen LogP) is 4.61. The first-order valence-electron chi connectivity index (χ1n) is 10.6. The predicted molar refractivity (Wildman–Crippen MR) is 133 cm³/mol. The highest BCUT2D eigenvalue weighted by atomic mass is 32.2. The van der Waals surface area contributed by atoms with Gasteiger partial charge < -0.3 is 15.4 Å². The first-order chi connectivity index (χ1) is 17.2. The maximum absolute atomic E-state index is 14.0. The average Bonchev–Trinajstić information content (AvgIpc) is 2.86. The zero-order valence-corrected chi connectivity index (χ0v) is 20.5. The van der Waals surface area contributed by atoms with Crippen molar-refractivity contribution in [1.82, 2.24) is 0 Å². The van der Waals surface area contributed by atoms with Crippen LogP contribution >= 0.6 is 11.8 Å². The van der Waals surface area contributed by atoms with Crippen LogP contribution in [-0.2, 0) is 29.9 Å². The van der Waals surface area contributed by atoms with Crippen LogP contribution in [0.3, 0.4) is 0 Å². The number of methoxy groups -OCH3 is 1. The van der Waals surface area contributed by atoms with Gasteiger partial charge in [-0.25, -0.2) is 17.2 Å². The van der Waals surface area contributed by atoms with Crippen LogP contribution in [0.4, 0.5) is 20.2 Å². The number of halogens is 2. The SMILES string of the molecule is COC(=O)CNc1ccc(C=C2Sc3ccc(S(=O)(=O)Cc4c(F)cccc4F)cc3NC2=O)cc1. The normalized spacial score (nSPS) is 14.2. The van der Waals surface area contributed by atoms with E-state index in [9.17, 15) is 26.8 Å². The highest BCUT2D eigenvalue weighted by Gasteiger charge is 2.25. The minimum absolute atomic E-state index is 0.0267. The number of fused-ring (bicyclic) bond motifs is 1. The quantitative estimate of drug-likeness (QED) is 0.340. The molecular formula is C25H20F2N2O5S2. The molecule has 1 aliphatic rings. The topological polar surface area (TPSA) is 102 Å². The lowest BCUT2D eigenvalue weighted by Crippen LogP contribution is -2.18. The second-order valence-electron chi connectivity index (χ2n) is 7.73. The molecule has 11 heteroatoms. The summed E-state index contributed by atoms with van der Waals surface area (Å²) in [5, 5.41) is 5.59. The molecular weight excluding hydrogens is 510 g/mol. The zero-order valence-electron chi connectivity index (χ0n) is 18.9. The summed E-state index contributed by atoms with van der Waals surface area (Å²) in [7, 11) is -2.77.